The van der Waals surface area contributed by atoms with E-state index in [-0.39, 0.29) is 17.9 Å². The molecule has 0 bridgehead atoms. The number of carbonyl (C=O) groups is 3. The Balaban J connectivity index is 0.000000559. The first-order valence-corrected chi connectivity index (χ1v) is 12.4. The second-order valence-electron chi connectivity index (χ2n) is 9.17. The highest BCUT2D eigenvalue weighted by atomic mass is 19.4. The van der Waals surface area contributed by atoms with Gasteiger partial charge in [-0.15, -0.1) is 0 Å². The van der Waals surface area contributed by atoms with Crippen LogP contribution in [0.5, 0.6) is 5.75 Å². The first-order chi connectivity index (χ1) is 18.9. The zero-order valence-corrected chi connectivity index (χ0v) is 22.2. The van der Waals surface area contributed by atoms with Gasteiger partial charge in [0.25, 0.3) is 5.91 Å². The lowest BCUT2D eigenvalue weighted by Crippen LogP contribution is -2.48. The molecule has 1 aliphatic heterocycles. The number of nitrogens with zero attached hydrogens (tertiary/aromatic N) is 4. The van der Waals surface area contributed by atoms with Crippen LogP contribution in [-0.4, -0.2) is 68.7 Å². The van der Waals surface area contributed by atoms with Gasteiger partial charge in [0.2, 0.25) is 5.91 Å². The first-order valence-electron chi connectivity index (χ1n) is 12.4. The van der Waals surface area contributed by atoms with E-state index in [4.69, 9.17) is 14.6 Å². The average molecular weight is 562 g/mol. The molecule has 3 aromatic rings. The number of methoxy groups -OCH3 is 1. The van der Waals surface area contributed by atoms with Gasteiger partial charge in [-0.3, -0.25) is 14.6 Å². The number of aliphatic carboxylic acids is 1. The Morgan fingerprint density at radius 3 is 2.52 bits per heavy atom. The number of fused-ring (bicyclic) bond motifs is 1. The molecule has 1 aliphatic rings. The van der Waals surface area contributed by atoms with Crippen molar-refractivity contribution in [2.75, 3.05) is 20.2 Å². The SMILES string of the molecule is COc1cccc(CCNC(=O)C2c3c(ncn3C(C)C)CCN2C(=O)c2cccnc2)c1.O=C(O)C(F)(F)F. The van der Waals surface area contributed by atoms with Crippen molar-refractivity contribution in [3.05, 3.63) is 77.6 Å². The molecule has 40 heavy (non-hydrogen) atoms. The lowest BCUT2D eigenvalue weighted by molar-refractivity contribution is -0.192. The number of benzene rings is 1. The molecule has 4 rings (SSSR count). The molecule has 0 aliphatic carbocycles. The van der Waals surface area contributed by atoms with Crippen LogP contribution in [0.4, 0.5) is 13.2 Å². The summed E-state index contributed by atoms with van der Waals surface area (Å²) in [4.78, 5) is 46.0. The van der Waals surface area contributed by atoms with Crippen molar-refractivity contribution < 1.29 is 37.4 Å². The Hall–Kier alpha value is -4.42. The monoisotopic (exact) mass is 561 g/mol. The maximum absolute atomic E-state index is 13.5. The van der Waals surface area contributed by atoms with E-state index in [9.17, 15) is 22.8 Å². The van der Waals surface area contributed by atoms with E-state index in [0.717, 1.165) is 22.7 Å². The number of hydrogen-bond acceptors (Lipinski definition) is 6. The van der Waals surface area contributed by atoms with Crippen LogP contribution in [0.1, 0.15) is 53.2 Å². The molecule has 10 nitrogen and oxygen atoms in total. The summed E-state index contributed by atoms with van der Waals surface area (Å²) < 4.78 is 39.0. The van der Waals surface area contributed by atoms with Crippen molar-refractivity contribution in [3.63, 3.8) is 0 Å². The zero-order valence-electron chi connectivity index (χ0n) is 22.2. The standard InChI is InChI=1S/C25H29N5O3.C2HF3O2/c1-17(2)30-16-28-21-10-13-29(25(32)19-7-5-11-26-15-19)23(22(21)30)24(31)27-12-9-18-6-4-8-20(14-18)33-3;3-2(4,5)1(6)7/h4-8,11,14-17,23H,9-10,12-13H2,1-3H3,(H,27,31);(H,6,7). The summed E-state index contributed by atoms with van der Waals surface area (Å²) in [5.74, 6) is -2.39. The smallest absolute Gasteiger partial charge is 0.490 e. The molecular formula is C27H30F3N5O5. The number of hydrogen-bond donors (Lipinski definition) is 2. The molecule has 0 radical (unpaired) electrons. The highest BCUT2D eigenvalue weighted by molar-refractivity contribution is 5.98. The maximum Gasteiger partial charge on any atom is 0.490 e. The number of rotatable bonds is 7. The molecule has 0 saturated carbocycles. The minimum atomic E-state index is -5.08. The Labute approximate surface area is 228 Å². The Morgan fingerprint density at radius 1 is 1.20 bits per heavy atom. The van der Waals surface area contributed by atoms with Gasteiger partial charge in [0.05, 0.1) is 30.4 Å². The van der Waals surface area contributed by atoms with Gasteiger partial charge in [0.15, 0.2) is 6.04 Å². The summed E-state index contributed by atoms with van der Waals surface area (Å²) in [7, 11) is 1.63. The van der Waals surface area contributed by atoms with Gasteiger partial charge in [-0.1, -0.05) is 12.1 Å². The molecule has 0 saturated heterocycles. The number of ether oxygens (including phenoxy) is 1. The summed E-state index contributed by atoms with van der Waals surface area (Å²) in [6.45, 7) is 4.95. The van der Waals surface area contributed by atoms with Crippen molar-refractivity contribution in [1.29, 1.82) is 0 Å². The number of imidazole rings is 1. The van der Waals surface area contributed by atoms with Crippen LogP contribution >= 0.6 is 0 Å². The van der Waals surface area contributed by atoms with Crippen LogP contribution in [0.3, 0.4) is 0 Å². The summed E-state index contributed by atoms with van der Waals surface area (Å²) in [5, 5.41) is 10.2. The third-order valence-corrected chi connectivity index (χ3v) is 6.14. The number of alkyl halides is 3. The van der Waals surface area contributed by atoms with Crippen LogP contribution in [0.2, 0.25) is 0 Å². The van der Waals surface area contributed by atoms with Gasteiger partial charge in [-0.05, 0) is 50.1 Å². The number of aromatic nitrogens is 3. The fourth-order valence-corrected chi connectivity index (χ4v) is 4.21. The summed E-state index contributed by atoms with van der Waals surface area (Å²) in [5.41, 5.74) is 3.18. The molecule has 1 aromatic carbocycles. The molecule has 1 unspecified atom stereocenters. The first kappa shape index (κ1) is 30.1. The van der Waals surface area contributed by atoms with E-state index in [1.807, 2.05) is 42.7 Å². The molecule has 1 atom stereocenters. The predicted molar refractivity (Wildman–Crippen MR) is 138 cm³/mol. The third-order valence-electron chi connectivity index (χ3n) is 6.14. The number of pyridine rings is 1. The largest absolute Gasteiger partial charge is 0.497 e. The number of nitrogens with one attached hydrogen (secondary N) is 1. The van der Waals surface area contributed by atoms with Gasteiger partial charge in [-0.25, -0.2) is 9.78 Å². The van der Waals surface area contributed by atoms with Crippen molar-refractivity contribution >= 4 is 17.8 Å². The molecule has 0 spiro atoms. The molecule has 0 fully saturated rings. The highest BCUT2D eigenvalue weighted by Crippen LogP contribution is 2.32. The van der Waals surface area contributed by atoms with Crippen LogP contribution < -0.4 is 10.1 Å². The molecular weight excluding hydrogens is 531 g/mol. The topological polar surface area (TPSA) is 127 Å². The molecule has 13 heteroatoms. The van der Waals surface area contributed by atoms with Crippen molar-refractivity contribution in [3.8, 4) is 5.75 Å². The number of carboxylic acid groups (broad SMARTS) is 1. The van der Waals surface area contributed by atoms with E-state index < -0.39 is 18.2 Å². The average Bonchev–Trinajstić information content (AvgIpc) is 3.37. The number of amides is 2. The molecule has 3 heterocycles. The Kier molecular flexibility index (Phi) is 9.86. The van der Waals surface area contributed by atoms with Crippen molar-refractivity contribution in [2.24, 2.45) is 0 Å². The Morgan fingerprint density at radius 2 is 1.93 bits per heavy atom. The second kappa shape index (κ2) is 13.1. The van der Waals surface area contributed by atoms with Crippen LogP contribution in [0.15, 0.2) is 55.1 Å². The van der Waals surface area contributed by atoms with Gasteiger partial charge < -0.3 is 24.6 Å². The molecule has 214 valence electrons. The van der Waals surface area contributed by atoms with E-state index in [0.29, 0.717) is 31.5 Å². The van der Waals surface area contributed by atoms with E-state index in [1.54, 1.807) is 36.7 Å². The summed E-state index contributed by atoms with van der Waals surface area (Å²) >= 11 is 0. The highest BCUT2D eigenvalue weighted by Gasteiger charge is 2.40. The predicted octanol–water partition coefficient (Wildman–Crippen LogP) is 3.60. The van der Waals surface area contributed by atoms with Gasteiger partial charge in [0, 0.05) is 37.9 Å². The maximum atomic E-state index is 13.5. The minimum absolute atomic E-state index is 0.113. The third kappa shape index (κ3) is 7.36. The normalized spacial score (nSPS) is 14.6. The summed E-state index contributed by atoms with van der Waals surface area (Å²) in [6, 6.07) is 10.6. The molecule has 2 N–H and O–H groups in total. The van der Waals surface area contributed by atoms with Crippen molar-refractivity contribution in [1.82, 2.24) is 24.8 Å². The minimum Gasteiger partial charge on any atom is -0.497 e. The number of carboxylic acids is 1. The number of carbonyl (C=O) groups excluding carboxylic acids is 2. The fourth-order valence-electron chi connectivity index (χ4n) is 4.21. The Bertz CT molecular complexity index is 1330. The van der Waals surface area contributed by atoms with E-state index >= 15 is 0 Å². The lowest BCUT2D eigenvalue weighted by atomic mass is 9.99. The van der Waals surface area contributed by atoms with Crippen molar-refractivity contribution in [2.45, 2.75) is 44.9 Å². The van der Waals surface area contributed by atoms with Gasteiger partial charge in [0.1, 0.15) is 5.75 Å². The van der Waals surface area contributed by atoms with E-state index in [1.165, 1.54) is 6.20 Å². The van der Waals surface area contributed by atoms with Crippen LogP contribution in [0.25, 0.3) is 0 Å². The second-order valence-corrected chi connectivity index (χ2v) is 9.17. The molecule has 2 amide bonds. The van der Waals surface area contributed by atoms with E-state index in [2.05, 4.69) is 15.3 Å². The quantitative estimate of drug-likeness (QED) is 0.451. The summed E-state index contributed by atoms with van der Waals surface area (Å²) in [6.07, 6.45) is 1.11. The van der Waals surface area contributed by atoms with Gasteiger partial charge >= 0.3 is 12.1 Å². The number of halogens is 3. The van der Waals surface area contributed by atoms with Crippen LogP contribution in [0, 0.1) is 0 Å². The van der Waals surface area contributed by atoms with Crippen LogP contribution in [-0.2, 0) is 22.4 Å². The molecule has 2 aromatic heterocycles. The zero-order chi connectivity index (χ0) is 29.4. The van der Waals surface area contributed by atoms with Gasteiger partial charge in [-0.2, -0.15) is 13.2 Å². The lowest BCUT2D eigenvalue weighted by Gasteiger charge is -2.36. The fraction of sp³-hybridized carbons (Fsp3) is 0.370.